The highest BCUT2D eigenvalue weighted by atomic mass is 32.2. The Labute approximate surface area is 202 Å². The average Bonchev–Trinajstić information content (AvgIpc) is 3.25. The van der Waals surface area contributed by atoms with E-state index in [4.69, 9.17) is 0 Å². The fourth-order valence-corrected chi connectivity index (χ4v) is 6.28. The standard InChI is InChI=1S/C26H33N3O4S/c1-4-24(30)29-15-14-19-16-20(12-13-23(19)29)34(32,33)28-25(17(2)3)26(31)27-22-11-7-9-18-8-5-6-10-21(18)22/h5-6,8,10,12-13,16-17,22,25,28H,4,7,9,11,14-15H2,1-3H3,(H,27,31)/t22-,25+/m0/s1. The summed E-state index contributed by atoms with van der Waals surface area (Å²) in [5, 5.41) is 3.09. The second-order valence-electron chi connectivity index (χ2n) is 9.43. The summed E-state index contributed by atoms with van der Waals surface area (Å²) >= 11 is 0. The second kappa shape index (κ2) is 9.88. The number of aryl methyl sites for hydroxylation is 1. The molecule has 1 aliphatic carbocycles. The van der Waals surface area contributed by atoms with Crippen molar-refractivity contribution in [3.05, 3.63) is 59.2 Å². The molecule has 1 heterocycles. The van der Waals surface area contributed by atoms with Gasteiger partial charge in [-0.2, -0.15) is 4.72 Å². The molecule has 182 valence electrons. The number of carbonyl (C=O) groups is 2. The van der Waals surface area contributed by atoms with Crippen LogP contribution in [0.5, 0.6) is 0 Å². The molecule has 1 aliphatic heterocycles. The van der Waals surface area contributed by atoms with Gasteiger partial charge in [0, 0.05) is 18.7 Å². The lowest BCUT2D eigenvalue weighted by molar-refractivity contribution is -0.124. The fraction of sp³-hybridized carbons (Fsp3) is 0.462. The highest BCUT2D eigenvalue weighted by Gasteiger charge is 2.32. The molecule has 0 bridgehead atoms. The summed E-state index contributed by atoms with van der Waals surface area (Å²) in [5.41, 5.74) is 3.93. The number of amides is 2. The smallest absolute Gasteiger partial charge is 0.241 e. The summed E-state index contributed by atoms with van der Waals surface area (Å²) in [4.78, 5) is 27.2. The van der Waals surface area contributed by atoms with Crippen LogP contribution in [0.25, 0.3) is 0 Å². The van der Waals surface area contributed by atoms with Gasteiger partial charge in [-0.25, -0.2) is 8.42 Å². The van der Waals surface area contributed by atoms with Crippen LogP contribution in [0.15, 0.2) is 47.4 Å². The Bertz CT molecular complexity index is 1190. The second-order valence-corrected chi connectivity index (χ2v) is 11.1. The molecule has 2 atom stereocenters. The topological polar surface area (TPSA) is 95.6 Å². The van der Waals surface area contributed by atoms with Crippen LogP contribution in [-0.4, -0.2) is 32.8 Å². The maximum atomic E-state index is 13.2. The van der Waals surface area contributed by atoms with Gasteiger partial charge in [-0.05, 0) is 66.5 Å². The number of anilines is 1. The van der Waals surface area contributed by atoms with Crippen molar-refractivity contribution in [2.24, 2.45) is 5.92 Å². The zero-order valence-electron chi connectivity index (χ0n) is 20.0. The molecule has 0 aromatic heterocycles. The molecule has 2 aromatic rings. The minimum absolute atomic E-state index is 0.0216. The van der Waals surface area contributed by atoms with Gasteiger partial charge in [-0.3, -0.25) is 9.59 Å². The van der Waals surface area contributed by atoms with Crippen molar-refractivity contribution in [3.63, 3.8) is 0 Å². The van der Waals surface area contributed by atoms with E-state index in [1.807, 2.05) is 39.0 Å². The van der Waals surface area contributed by atoms with Crippen molar-refractivity contribution in [2.75, 3.05) is 11.4 Å². The predicted octanol–water partition coefficient (Wildman–Crippen LogP) is 3.48. The zero-order valence-corrected chi connectivity index (χ0v) is 20.8. The van der Waals surface area contributed by atoms with Crippen LogP contribution in [-0.2, 0) is 32.5 Å². The van der Waals surface area contributed by atoms with Gasteiger partial charge >= 0.3 is 0 Å². The predicted molar refractivity (Wildman–Crippen MR) is 132 cm³/mol. The van der Waals surface area contributed by atoms with Crippen molar-refractivity contribution in [3.8, 4) is 0 Å². The van der Waals surface area contributed by atoms with Crippen LogP contribution in [0, 0.1) is 5.92 Å². The van der Waals surface area contributed by atoms with Gasteiger partial charge in [0.15, 0.2) is 0 Å². The number of nitrogens with zero attached hydrogens (tertiary/aromatic N) is 1. The monoisotopic (exact) mass is 483 g/mol. The first-order chi connectivity index (χ1) is 16.2. The van der Waals surface area contributed by atoms with E-state index in [2.05, 4.69) is 16.1 Å². The van der Waals surface area contributed by atoms with Crippen LogP contribution in [0.2, 0.25) is 0 Å². The molecule has 0 unspecified atom stereocenters. The van der Waals surface area contributed by atoms with Crippen molar-refractivity contribution < 1.29 is 18.0 Å². The third-order valence-electron chi connectivity index (χ3n) is 6.78. The molecule has 7 nitrogen and oxygen atoms in total. The first-order valence-electron chi connectivity index (χ1n) is 12.0. The fourth-order valence-electron chi connectivity index (χ4n) is 4.89. The average molecular weight is 484 g/mol. The highest BCUT2D eigenvalue weighted by Crippen LogP contribution is 2.32. The van der Waals surface area contributed by atoms with Crippen molar-refractivity contribution in [1.29, 1.82) is 0 Å². The van der Waals surface area contributed by atoms with Gasteiger partial charge in [-0.15, -0.1) is 0 Å². The van der Waals surface area contributed by atoms with Crippen LogP contribution < -0.4 is 14.9 Å². The molecule has 4 rings (SSSR count). The largest absolute Gasteiger partial charge is 0.348 e. The van der Waals surface area contributed by atoms with E-state index in [0.717, 1.165) is 36.1 Å². The summed E-state index contributed by atoms with van der Waals surface area (Å²) in [7, 11) is -3.93. The van der Waals surface area contributed by atoms with Gasteiger partial charge in [0.2, 0.25) is 21.8 Å². The Morgan fingerprint density at radius 3 is 2.59 bits per heavy atom. The molecule has 0 saturated heterocycles. The van der Waals surface area contributed by atoms with Gasteiger partial charge in [0.25, 0.3) is 0 Å². The Morgan fingerprint density at radius 1 is 1.09 bits per heavy atom. The summed E-state index contributed by atoms with van der Waals surface area (Å²) in [5.74, 6) is -0.532. The summed E-state index contributed by atoms with van der Waals surface area (Å²) in [6, 6.07) is 11.9. The molecule has 2 N–H and O–H groups in total. The van der Waals surface area contributed by atoms with E-state index >= 15 is 0 Å². The lowest BCUT2D eigenvalue weighted by atomic mass is 9.87. The third kappa shape index (κ3) is 4.88. The lowest BCUT2D eigenvalue weighted by Gasteiger charge is -2.29. The first-order valence-corrected chi connectivity index (χ1v) is 13.5. The van der Waals surface area contributed by atoms with E-state index in [0.29, 0.717) is 19.4 Å². The Kier molecular flexibility index (Phi) is 7.09. The number of hydrogen-bond acceptors (Lipinski definition) is 4. The van der Waals surface area contributed by atoms with Crippen molar-refractivity contribution in [2.45, 2.75) is 69.9 Å². The molecular weight excluding hydrogens is 450 g/mol. The number of rotatable bonds is 7. The quantitative estimate of drug-likeness (QED) is 0.630. The van der Waals surface area contributed by atoms with E-state index in [1.54, 1.807) is 17.0 Å². The number of benzene rings is 2. The van der Waals surface area contributed by atoms with Crippen molar-refractivity contribution >= 4 is 27.5 Å². The minimum atomic E-state index is -3.93. The first kappa shape index (κ1) is 24.4. The van der Waals surface area contributed by atoms with Crippen LogP contribution in [0.3, 0.4) is 0 Å². The maximum absolute atomic E-state index is 13.2. The molecule has 2 amide bonds. The Balaban J connectivity index is 1.52. The number of sulfonamides is 1. The van der Waals surface area contributed by atoms with Gasteiger partial charge in [0.05, 0.1) is 10.9 Å². The van der Waals surface area contributed by atoms with E-state index in [1.165, 1.54) is 11.6 Å². The third-order valence-corrected chi connectivity index (χ3v) is 8.22. The lowest BCUT2D eigenvalue weighted by Crippen LogP contribution is -2.50. The van der Waals surface area contributed by atoms with E-state index in [9.17, 15) is 18.0 Å². The van der Waals surface area contributed by atoms with Crippen LogP contribution in [0.4, 0.5) is 5.69 Å². The Hall–Kier alpha value is -2.71. The molecular formula is C26H33N3O4S. The number of carbonyl (C=O) groups excluding carboxylic acids is 2. The summed E-state index contributed by atoms with van der Waals surface area (Å²) in [6.45, 7) is 6.03. The summed E-state index contributed by atoms with van der Waals surface area (Å²) in [6.07, 6.45) is 3.81. The highest BCUT2D eigenvalue weighted by molar-refractivity contribution is 7.89. The SMILES string of the molecule is CCC(=O)N1CCc2cc(S(=O)(=O)N[C@@H](C(=O)N[C@H]3CCCc4ccccc43)C(C)C)ccc21. The Morgan fingerprint density at radius 2 is 1.85 bits per heavy atom. The number of fused-ring (bicyclic) bond motifs is 2. The van der Waals surface area contributed by atoms with E-state index < -0.39 is 16.1 Å². The molecule has 0 fully saturated rings. The molecule has 34 heavy (non-hydrogen) atoms. The zero-order chi connectivity index (χ0) is 24.5. The van der Waals surface area contributed by atoms with Crippen LogP contribution >= 0.6 is 0 Å². The van der Waals surface area contributed by atoms with Gasteiger partial charge in [0.1, 0.15) is 6.04 Å². The van der Waals surface area contributed by atoms with E-state index in [-0.39, 0.29) is 28.7 Å². The molecule has 0 radical (unpaired) electrons. The maximum Gasteiger partial charge on any atom is 0.241 e. The number of nitrogens with one attached hydrogen (secondary N) is 2. The molecule has 2 aromatic carbocycles. The molecule has 8 heteroatoms. The van der Waals surface area contributed by atoms with Crippen molar-refractivity contribution in [1.82, 2.24) is 10.0 Å². The number of hydrogen-bond donors (Lipinski definition) is 2. The molecule has 0 spiro atoms. The van der Waals surface area contributed by atoms with Gasteiger partial charge in [-0.1, -0.05) is 45.0 Å². The van der Waals surface area contributed by atoms with Gasteiger partial charge < -0.3 is 10.2 Å². The molecule has 2 aliphatic rings. The summed E-state index contributed by atoms with van der Waals surface area (Å²) < 4.78 is 29.1. The minimum Gasteiger partial charge on any atom is -0.348 e. The normalized spacial score (nSPS) is 18.4. The van der Waals surface area contributed by atoms with Crippen LogP contribution in [0.1, 0.15) is 62.8 Å². The molecule has 0 saturated carbocycles.